The Kier molecular flexibility index (Phi) is 3.26. The van der Waals surface area contributed by atoms with Crippen molar-refractivity contribution in [3.05, 3.63) is 65.8 Å². The molecule has 2 aromatic heterocycles. The Morgan fingerprint density at radius 3 is 2.65 bits per heavy atom. The van der Waals surface area contributed by atoms with E-state index in [0.717, 1.165) is 16.8 Å². The second-order valence-electron chi connectivity index (χ2n) is 4.52. The average molecular weight is 266 g/mol. The summed E-state index contributed by atoms with van der Waals surface area (Å²) in [5.41, 5.74) is 8.81. The average Bonchev–Trinajstić information content (AvgIpc) is 2.97. The standard InChI is InChI=1S/C15H14N4O/c1-10-9-12(7-8-17-10)14-18-19-15(20-14)13(16)11-5-3-2-4-6-11/h2-9,13H,16H2,1H3. The van der Waals surface area contributed by atoms with E-state index in [2.05, 4.69) is 15.2 Å². The molecular weight excluding hydrogens is 252 g/mol. The number of nitrogens with two attached hydrogens (primary N) is 1. The zero-order valence-electron chi connectivity index (χ0n) is 11.0. The molecule has 0 saturated carbocycles. The highest BCUT2D eigenvalue weighted by Gasteiger charge is 2.17. The van der Waals surface area contributed by atoms with Crippen LogP contribution in [0.3, 0.4) is 0 Å². The number of rotatable bonds is 3. The monoisotopic (exact) mass is 266 g/mol. The van der Waals surface area contributed by atoms with E-state index in [9.17, 15) is 0 Å². The van der Waals surface area contributed by atoms with Gasteiger partial charge in [-0.1, -0.05) is 30.3 Å². The summed E-state index contributed by atoms with van der Waals surface area (Å²) in [5, 5.41) is 8.09. The van der Waals surface area contributed by atoms with Gasteiger partial charge in [0.15, 0.2) is 0 Å². The summed E-state index contributed by atoms with van der Waals surface area (Å²) in [7, 11) is 0. The van der Waals surface area contributed by atoms with E-state index in [1.807, 2.05) is 49.4 Å². The van der Waals surface area contributed by atoms with Gasteiger partial charge in [0.1, 0.15) is 6.04 Å². The lowest BCUT2D eigenvalue weighted by Crippen LogP contribution is -2.11. The SMILES string of the molecule is Cc1cc(-c2nnc(C(N)c3ccccc3)o2)ccn1. The Balaban J connectivity index is 1.91. The van der Waals surface area contributed by atoms with Crippen molar-refractivity contribution in [1.82, 2.24) is 15.2 Å². The van der Waals surface area contributed by atoms with Crippen molar-refractivity contribution in [2.24, 2.45) is 5.73 Å². The van der Waals surface area contributed by atoms with Gasteiger partial charge in [-0.25, -0.2) is 0 Å². The first kappa shape index (κ1) is 12.5. The number of aromatic nitrogens is 3. The van der Waals surface area contributed by atoms with Crippen LogP contribution in [-0.2, 0) is 0 Å². The van der Waals surface area contributed by atoms with Crippen LogP contribution >= 0.6 is 0 Å². The lowest BCUT2D eigenvalue weighted by atomic mass is 10.1. The van der Waals surface area contributed by atoms with E-state index in [0.29, 0.717) is 11.8 Å². The molecule has 0 bridgehead atoms. The molecule has 0 radical (unpaired) electrons. The van der Waals surface area contributed by atoms with Gasteiger partial charge < -0.3 is 10.2 Å². The number of aryl methyl sites for hydroxylation is 1. The predicted octanol–water partition coefficient (Wildman–Crippen LogP) is 2.49. The Hall–Kier alpha value is -2.53. The minimum atomic E-state index is -0.416. The first-order chi connectivity index (χ1) is 9.74. The summed E-state index contributed by atoms with van der Waals surface area (Å²) in [6.07, 6.45) is 1.71. The molecule has 3 aromatic rings. The molecule has 0 aliphatic heterocycles. The van der Waals surface area contributed by atoms with Crippen molar-refractivity contribution in [3.63, 3.8) is 0 Å². The quantitative estimate of drug-likeness (QED) is 0.788. The van der Waals surface area contributed by atoms with Crippen LogP contribution in [-0.4, -0.2) is 15.2 Å². The van der Waals surface area contributed by atoms with Gasteiger partial charge in [-0.05, 0) is 24.6 Å². The van der Waals surface area contributed by atoms with E-state index in [-0.39, 0.29) is 0 Å². The van der Waals surface area contributed by atoms with Crippen molar-refractivity contribution >= 4 is 0 Å². The van der Waals surface area contributed by atoms with Crippen molar-refractivity contribution in [1.29, 1.82) is 0 Å². The van der Waals surface area contributed by atoms with Gasteiger partial charge in [0.05, 0.1) is 0 Å². The van der Waals surface area contributed by atoms with Crippen molar-refractivity contribution in [2.45, 2.75) is 13.0 Å². The number of nitrogens with zero attached hydrogens (tertiary/aromatic N) is 3. The highest BCUT2D eigenvalue weighted by Crippen LogP contribution is 2.23. The molecule has 0 aliphatic carbocycles. The van der Waals surface area contributed by atoms with Gasteiger partial charge in [-0.15, -0.1) is 10.2 Å². The topological polar surface area (TPSA) is 77.8 Å². The Bertz CT molecular complexity index is 709. The summed E-state index contributed by atoms with van der Waals surface area (Å²) < 4.78 is 5.67. The molecule has 0 aliphatic rings. The van der Waals surface area contributed by atoms with Crippen LogP contribution in [0.25, 0.3) is 11.5 Å². The van der Waals surface area contributed by atoms with Crippen LogP contribution in [0.15, 0.2) is 53.1 Å². The van der Waals surface area contributed by atoms with Crippen LogP contribution in [0.5, 0.6) is 0 Å². The fourth-order valence-corrected chi connectivity index (χ4v) is 1.96. The normalized spacial score (nSPS) is 12.3. The van der Waals surface area contributed by atoms with E-state index in [1.165, 1.54) is 0 Å². The Morgan fingerprint density at radius 2 is 1.90 bits per heavy atom. The number of pyridine rings is 1. The molecule has 0 amide bonds. The third-order valence-corrected chi connectivity index (χ3v) is 3.01. The lowest BCUT2D eigenvalue weighted by molar-refractivity contribution is 0.484. The number of benzene rings is 1. The molecule has 0 saturated heterocycles. The molecule has 3 rings (SSSR count). The molecule has 0 spiro atoms. The molecular formula is C15H14N4O. The van der Waals surface area contributed by atoms with Crippen LogP contribution in [0, 0.1) is 6.92 Å². The Labute approximate surface area is 116 Å². The summed E-state index contributed by atoms with van der Waals surface area (Å²) in [6, 6.07) is 13.0. The van der Waals surface area contributed by atoms with E-state index >= 15 is 0 Å². The first-order valence-corrected chi connectivity index (χ1v) is 6.31. The molecule has 100 valence electrons. The maximum atomic E-state index is 6.13. The predicted molar refractivity (Wildman–Crippen MR) is 74.7 cm³/mol. The fourth-order valence-electron chi connectivity index (χ4n) is 1.96. The first-order valence-electron chi connectivity index (χ1n) is 6.31. The zero-order chi connectivity index (χ0) is 13.9. The van der Waals surface area contributed by atoms with E-state index in [1.54, 1.807) is 6.20 Å². The van der Waals surface area contributed by atoms with Crippen LogP contribution in [0.4, 0.5) is 0 Å². The third kappa shape index (κ3) is 2.44. The Morgan fingerprint density at radius 1 is 1.10 bits per heavy atom. The molecule has 0 fully saturated rings. The summed E-state index contributed by atoms with van der Waals surface area (Å²) in [6.45, 7) is 1.91. The lowest BCUT2D eigenvalue weighted by Gasteiger charge is -2.06. The minimum absolute atomic E-state index is 0.403. The molecule has 20 heavy (non-hydrogen) atoms. The van der Waals surface area contributed by atoms with Crippen molar-refractivity contribution in [2.75, 3.05) is 0 Å². The van der Waals surface area contributed by atoms with E-state index < -0.39 is 6.04 Å². The highest BCUT2D eigenvalue weighted by molar-refractivity contribution is 5.52. The molecule has 2 heterocycles. The van der Waals surface area contributed by atoms with Crippen molar-refractivity contribution < 1.29 is 4.42 Å². The second kappa shape index (κ2) is 5.22. The maximum Gasteiger partial charge on any atom is 0.247 e. The summed E-state index contributed by atoms with van der Waals surface area (Å²) in [4.78, 5) is 4.14. The van der Waals surface area contributed by atoms with E-state index in [4.69, 9.17) is 10.2 Å². The zero-order valence-corrected chi connectivity index (χ0v) is 11.0. The molecule has 1 atom stereocenters. The van der Waals surface area contributed by atoms with Gasteiger partial charge in [-0.3, -0.25) is 4.98 Å². The smallest absolute Gasteiger partial charge is 0.247 e. The second-order valence-corrected chi connectivity index (χ2v) is 4.52. The minimum Gasteiger partial charge on any atom is -0.419 e. The van der Waals surface area contributed by atoms with Crippen LogP contribution < -0.4 is 5.73 Å². The molecule has 5 heteroatoms. The van der Waals surface area contributed by atoms with Gasteiger partial charge >= 0.3 is 0 Å². The van der Waals surface area contributed by atoms with Crippen LogP contribution in [0.2, 0.25) is 0 Å². The van der Waals surface area contributed by atoms with Gasteiger partial charge in [0.25, 0.3) is 0 Å². The van der Waals surface area contributed by atoms with Crippen LogP contribution in [0.1, 0.15) is 23.2 Å². The fraction of sp³-hybridized carbons (Fsp3) is 0.133. The molecule has 1 unspecified atom stereocenters. The van der Waals surface area contributed by atoms with Gasteiger partial charge in [0.2, 0.25) is 11.8 Å². The number of hydrogen-bond acceptors (Lipinski definition) is 5. The third-order valence-electron chi connectivity index (χ3n) is 3.01. The molecule has 5 nitrogen and oxygen atoms in total. The summed E-state index contributed by atoms with van der Waals surface area (Å²) in [5.74, 6) is 0.859. The largest absolute Gasteiger partial charge is 0.419 e. The summed E-state index contributed by atoms with van der Waals surface area (Å²) >= 11 is 0. The van der Waals surface area contributed by atoms with Gasteiger partial charge in [0, 0.05) is 17.5 Å². The highest BCUT2D eigenvalue weighted by atomic mass is 16.4. The van der Waals surface area contributed by atoms with Gasteiger partial charge in [-0.2, -0.15) is 0 Å². The molecule has 2 N–H and O–H groups in total. The molecule has 1 aromatic carbocycles. The maximum absolute atomic E-state index is 6.13. The van der Waals surface area contributed by atoms with Crippen molar-refractivity contribution in [3.8, 4) is 11.5 Å². The number of hydrogen-bond donors (Lipinski definition) is 1.